The number of esters is 1. The number of fused-ring (bicyclic) bond motifs is 1. The molecule has 1 heterocycles. The summed E-state index contributed by atoms with van der Waals surface area (Å²) in [7, 11) is 0. The van der Waals surface area contributed by atoms with Crippen LogP contribution in [-0.4, -0.2) is 30.8 Å². The fourth-order valence-electron chi connectivity index (χ4n) is 3.17. The van der Waals surface area contributed by atoms with Gasteiger partial charge >= 0.3 is 5.97 Å². The van der Waals surface area contributed by atoms with Crippen LogP contribution in [0.3, 0.4) is 0 Å². The molecule has 148 valence electrons. The molecule has 8 heteroatoms. The predicted molar refractivity (Wildman–Crippen MR) is 109 cm³/mol. The summed E-state index contributed by atoms with van der Waals surface area (Å²) in [5.41, 5.74) is 7.58. The average Bonchev–Trinajstić information content (AvgIpc) is 3.05. The number of benzene rings is 1. The Balaban J connectivity index is 1.49. The third-order valence-corrected chi connectivity index (χ3v) is 6.06. The maximum atomic E-state index is 12.0. The third kappa shape index (κ3) is 4.91. The molecule has 28 heavy (non-hydrogen) atoms. The van der Waals surface area contributed by atoms with E-state index in [9.17, 15) is 14.4 Å². The number of Topliss-reactive ketones (excluding diaryl/α,β-unsaturated/α-hetero) is 1. The van der Waals surface area contributed by atoms with Crippen molar-refractivity contribution in [2.45, 2.75) is 32.1 Å². The van der Waals surface area contributed by atoms with E-state index in [1.165, 1.54) is 16.2 Å². The van der Waals surface area contributed by atoms with Gasteiger partial charge in [-0.25, -0.2) is 0 Å². The van der Waals surface area contributed by atoms with Crippen LogP contribution in [0.25, 0.3) is 0 Å². The van der Waals surface area contributed by atoms with Gasteiger partial charge in [0.25, 0.3) is 5.91 Å². The van der Waals surface area contributed by atoms with Gasteiger partial charge in [-0.3, -0.25) is 14.4 Å². The summed E-state index contributed by atoms with van der Waals surface area (Å²) < 4.78 is 5.04. The number of thiophene rings is 1. The number of carbonyl (C=O) groups is 3. The largest absolute Gasteiger partial charge is 0.457 e. The minimum atomic E-state index is -0.489. The zero-order valence-corrected chi connectivity index (χ0v) is 16.8. The third-order valence-electron chi connectivity index (χ3n) is 4.56. The van der Waals surface area contributed by atoms with Crippen LogP contribution in [0.4, 0.5) is 5.00 Å². The zero-order chi connectivity index (χ0) is 20.1. The van der Waals surface area contributed by atoms with Gasteiger partial charge in [-0.1, -0.05) is 11.6 Å². The van der Waals surface area contributed by atoms with Crippen molar-refractivity contribution in [2.75, 3.05) is 18.5 Å². The van der Waals surface area contributed by atoms with Gasteiger partial charge in [0, 0.05) is 22.0 Å². The van der Waals surface area contributed by atoms with Gasteiger partial charge < -0.3 is 15.8 Å². The Morgan fingerprint density at radius 3 is 2.57 bits per heavy atom. The van der Waals surface area contributed by atoms with E-state index in [1.807, 2.05) is 0 Å². The smallest absolute Gasteiger partial charge is 0.308 e. The summed E-state index contributed by atoms with van der Waals surface area (Å²) in [6.07, 6.45) is 4.06. The lowest BCUT2D eigenvalue weighted by Crippen LogP contribution is -2.18. The fourth-order valence-corrected chi connectivity index (χ4v) is 4.61. The van der Waals surface area contributed by atoms with Crippen LogP contribution in [-0.2, 0) is 22.4 Å². The molecule has 0 fully saturated rings. The number of amides is 1. The van der Waals surface area contributed by atoms with E-state index in [0.717, 1.165) is 31.2 Å². The number of ether oxygens (including phenoxy) is 1. The summed E-state index contributed by atoms with van der Waals surface area (Å²) in [6, 6.07) is 6.39. The first-order valence-corrected chi connectivity index (χ1v) is 10.3. The monoisotopic (exact) mass is 420 g/mol. The molecule has 0 bridgehead atoms. The number of primary amides is 1. The Kier molecular flexibility index (Phi) is 6.70. The summed E-state index contributed by atoms with van der Waals surface area (Å²) in [5.74, 6) is -1.23. The molecule has 3 rings (SSSR count). The standard InChI is InChI=1S/C20H21ClN2O4S/c21-13-7-5-12(6-8-13)15(24)11-27-17(25)9-10-23-20-18(19(22)26)14-3-1-2-4-16(14)28-20/h5-8,23H,1-4,9-11H2,(H2,22,26). The maximum Gasteiger partial charge on any atom is 0.308 e. The number of nitrogens with two attached hydrogens (primary N) is 1. The highest BCUT2D eigenvalue weighted by molar-refractivity contribution is 7.16. The van der Waals surface area contributed by atoms with Gasteiger partial charge in [-0.15, -0.1) is 11.3 Å². The number of aryl methyl sites for hydroxylation is 1. The normalized spacial score (nSPS) is 12.9. The summed E-state index contributed by atoms with van der Waals surface area (Å²) in [4.78, 5) is 36.9. The van der Waals surface area contributed by atoms with Gasteiger partial charge in [0.2, 0.25) is 0 Å². The van der Waals surface area contributed by atoms with E-state index in [2.05, 4.69) is 5.32 Å². The second-order valence-electron chi connectivity index (χ2n) is 6.55. The first-order valence-electron chi connectivity index (χ1n) is 9.08. The molecular weight excluding hydrogens is 400 g/mol. The number of hydrogen-bond donors (Lipinski definition) is 2. The molecule has 1 aromatic carbocycles. The molecule has 1 aliphatic rings. The topological polar surface area (TPSA) is 98.5 Å². The SMILES string of the molecule is NC(=O)c1c(NCCC(=O)OCC(=O)c2ccc(Cl)cc2)sc2c1CCCC2. The van der Waals surface area contributed by atoms with Crippen LogP contribution in [0.5, 0.6) is 0 Å². The number of halogens is 1. The van der Waals surface area contributed by atoms with Gasteiger partial charge in [0.05, 0.1) is 12.0 Å². The zero-order valence-electron chi connectivity index (χ0n) is 15.3. The Hall–Kier alpha value is -2.38. The number of ketones is 1. The second-order valence-corrected chi connectivity index (χ2v) is 8.09. The number of hydrogen-bond acceptors (Lipinski definition) is 6. The maximum absolute atomic E-state index is 12.0. The molecule has 6 nitrogen and oxygen atoms in total. The minimum Gasteiger partial charge on any atom is -0.457 e. The van der Waals surface area contributed by atoms with Gasteiger partial charge in [-0.2, -0.15) is 0 Å². The Morgan fingerprint density at radius 1 is 1.14 bits per heavy atom. The number of nitrogens with one attached hydrogen (secondary N) is 1. The number of carbonyl (C=O) groups excluding carboxylic acids is 3. The van der Waals surface area contributed by atoms with E-state index >= 15 is 0 Å². The first kappa shape index (κ1) is 20.4. The number of anilines is 1. The van der Waals surface area contributed by atoms with Crippen molar-refractivity contribution in [3.05, 3.63) is 50.9 Å². The van der Waals surface area contributed by atoms with Crippen molar-refractivity contribution in [3.63, 3.8) is 0 Å². The van der Waals surface area contributed by atoms with E-state index in [1.54, 1.807) is 24.3 Å². The molecule has 3 N–H and O–H groups in total. The lowest BCUT2D eigenvalue weighted by atomic mass is 9.95. The van der Waals surface area contributed by atoms with Crippen LogP contribution in [0, 0.1) is 0 Å². The van der Waals surface area contributed by atoms with Gasteiger partial charge in [0.15, 0.2) is 12.4 Å². The Bertz CT molecular complexity index is 892. The molecule has 0 atom stereocenters. The Morgan fingerprint density at radius 2 is 1.86 bits per heavy atom. The summed E-state index contributed by atoms with van der Waals surface area (Å²) in [5, 5.41) is 4.37. The molecule has 1 aromatic heterocycles. The van der Waals surface area contributed by atoms with Gasteiger partial charge in [-0.05, 0) is 55.5 Å². The molecule has 1 amide bonds. The van der Waals surface area contributed by atoms with Crippen molar-refractivity contribution < 1.29 is 19.1 Å². The van der Waals surface area contributed by atoms with E-state index in [-0.39, 0.29) is 18.8 Å². The molecule has 0 spiro atoms. The highest BCUT2D eigenvalue weighted by atomic mass is 35.5. The molecule has 0 saturated carbocycles. The predicted octanol–water partition coefficient (Wildman–Crippen LogP) is 3.61. The fraction of sp³-hybridized carbons (Fsp3) is 0.350. The van der Waals surface area contributed by atoms with Crippen molar-refractivity contribution in [1.82, 2.24) is 0 Å². The van der Waals surface area contributed by atoms with Gasteiger partial charge in [0.1, 0.15) is 5.00 Å². The summed E-state index contributed by atoms with van der Waals surface area (Å²) in [6.45, 7) is -0.0199. The lowest BCUT2D eigenvalue weighted by molar-refractivity contribution is -0.142. The van der Waals surface area contributed by atoms with E-state index in [0.29, 0.717) is 27.7 Å². The number of rotatable bonds is 8. The van der Waals surface area contributed by atoms with Crippen molar-refractivity contribution in [3.8, 4) is 0 Å². The lowest BCUT2D eigenvalue weighted by Gasteiger charge is -2.11. The van der Waals surface area contributed by atoms with Crippen molar-refractivity contribution in [1.29, 1.82) is 0 Å². The van der Waals surface area contributed by atoms with Crippen LogP contribution < -0.4 is 11.1 Å². The molecule has 0 aliphatic heterocycles. The van der Waals surface area contributed by atoms with Crippen molar-refractivity contribution >= 4 is 45.6 Å². The van der Waals surface area contributed by atoms with Crippen LogP contribution in [0.1, 0.15) is 50.4 Å². The average molecular weight is 421 g/mol. The van der Waals surface area contributed by atoms with Crippen LogP contribution in [0.15, 0.2) is 24.3 Å². The molecule has 0 saturated heterocycles. The van der Waals surface area contributed by atoms with E-state index < -0.39 is 11.9 Å². The van der Waals surface area contributed by atoms with Crippen molar-refractivity contribution in [2.24, 2.45) is 5.73 Å². The molecule has 0 radical (unpaired) electrons. The van der Waals surface area contributed by atoms with Crippen LogP contribution >= 0.6 is 22.9 Å². The quantitative estimate of drug-likeness (QED) is 0.502. The second kappa shape index (κ2) is 9.21. The molecule has 0 unspecified atom stereocenters. The summed E-state index contributed by atoms with van der Waals surface area (Å²) >= 11 is 7.31. The molecule has 1 aliphatic carbocycles. The first-order chi connectivity index (χ1) is 13.5. The Labute approximate surface area is 172 Å². The highest BCUT2D eigenvalue weighted by Gasteiger charge is 2.23. The van der Waals surface area contributed by atoms with Crippen LogP contribution in [0.2, 0.25) is 5.02 Å². The molecule has 2 aromatic rings. The minimum absolute atomic E-state index is 0.0780. The highest BCUT2D eigenvalue weighted by Crippen LogP contribution is 2.37. The molecular formula is C20H21ClN2O4S. The van der Waals surface area contributed by atoms with E-state index in [4.69, 9.17) is 22.1 Å².